The standard InChI is InChI=1S/C18H12FN3O2/c19-12-9-8-11-4-3-6-15(14(11)10-12)22-17(20-21-18(22)24)13-5-1-2-7-16(13)23/h1-10,23H,(H,21,24). The summed E-state index contributed by atoms with van der Waals surface area (Å²) in [5.41, 5.74) is 0.937. The van der Waals surface area contributed by atoms with Gasteiger partial charge in [-0.3, -0.25) is 0 Å². The van der Waals surface area contributed by atoms with E-state index in [2.05, 4.69) is 10.2 Å². The summed E-state index contributed by atoms with van der Waals surface area (Å²) in [5.74, 6) is -0.105. The van der Waals surface area contributed by atoms with Gasteiger partial charge in [0.15, 0.2) is 5.82 Å². The molecule has 0 radical (unpaired) electrons. The number of nitrogens with zero attached hydrogens (tertiary/aromatic N) is 3. The molecule has 0 aliphatic carbocycles. The van der Waals surface area contributed by atoms with Gasteiger partial charge in [0.1, 0.15) is 11.6 Å². The third-order valence-electron chi connectivity index (χ3n) is 3.85. The molecule has 1 heterocycles. The fourth-order valence-electron chi connectivity index (χ4n) is 2.76. The molecule has 0 atom stereocenters. The van der Waals surface area contributed by atoms with E-state index in [0.717, 1.165) is 5.39 Å². The van der Waals surface area contributed by atoms with Gasteiger partial charge in [0.05, 0.1) is 11.3 Å². The molecule has 0 unspecified atom stereocenters. The molecule has 0 aliphatic rings. The van der Waals surface area contributed by atoms with Gasteiger partial charge in [0, 0.05) is 5.39 Å². The van der Waals surface area contributed by atoms with Crippen molar-refractivity contribution in [2.75, 3.05) is 0 Å². The van der Waals surface area contributed by atoms with Gasteiger partial charge < -0.3 is 10.2 Å². The Balaban J connectivity index is 2.04. The second kappa shape index (κ2) is 5.34. The van der Waals surface area contributed by atoms with Gasteiger partial charge in [-0.05, 0) is 35.7 Å². The van der Waals surface area contributed by atoms with Crippen LogP contribution < -0.4 is 0 Å². The van der Waals surface area contributed by atoms with Gasteiger partial charge in [0.2, 0.25) is 0 Å². The molecule has 0 saturated heterocycles. The lowest BCUT2D eigenvalue weighted by atomic mass is 10.1. The van der Waals surface area contributed by atoms with E-state index in [4.69, 9.17) is 0 Å². The molecule has 5 nitrogen and oxygen atoms in total. The van der Waals surface area contributed by atoms with Crippen LogP contribution in [0, 0.1) is 5.82 Å². The molecule has 0 fully saturated rings. The molecule has 0 spiro atoms. The number of benzene rings is 3. The second-order valence-corrected chi connectivity index (χ2v) is 5.32. The molecule has 2 N–H and O–H groups in total. The number of aromatic hydroxyl groups is 2. The second-order valence-electron chi connectivity index (χ2n) is 5.32. The Morgan fingerprint density at radius 1 is 0.875 bits per heavy atom. The third kappa shape index (κ3) is 2.16. The van der Waals surface area contributed by atoms with Crippen LogP contribution in [0.3, 0.4) is 0 Å². The molecular formula is C18H12FN3O2. The van der Waals surface area contributed by atoms with Gasteiger partial charge >= 0.3 is 6.01 Å². The maximum atomic E-state index is 13.7. The lowest BCUT2D eigenvalue weighted by Gasteiger charge is -2.11. The van der Waals surface area contributed by atoms with E-state index in [1.54, 1.807) is 36.4 Å². The smallest absolute Gasteiger partial charge is 0.319 e. The van der Waals surface area contributed by atoms with Crippen LogP contribution in [0.1, 0.15) is 0 Å². The van der Waals surface area contributed by atoms with E-state index in [1.807, 2.05) is 6.07 Å². The van der Waals surface area contributed by atoms with E-state index >= 15 is 0 Å². The Bertz CT molecular complexity index is 1060. The van der Waals surface area contributed by atoms with Crippen molar-refractivity contribution in [3.05, 3.63) is 66.5 Å². The highest BCUT2D eigenvalue weighted by Crippen LogP contribution is 2.34. The highest BCUT2D eigenvalue weighted by atomic mass is 19.1. The summed E-state index contributed by atoms with van der Waals surface area (Å²) < 4.78 is 15.1. The predicted octanol–water partition coefficient (Wildman–Crippen LogP) is 3.64. The van der Waals surface area contributed by atoms with E-state index in [9.17, 15) is 14.6 Å². The van der Waals surface area contributed by atoms with Crippen molar-refractivity contribution in [3.63, 3.8) is 0 Å². The first-order chi connectivity index (χ1) is 11.6. The van der Waals surface area contributed by atoms with Crippen molar-refractivity contribution in [3.8, 4) is 28.8 Å². The van der Waals surface area contributed by atoms with Crippen LogP contribution in [-0.4, -0.2) is 25.0 Å². The van der Waals surface area contributed by atoms with E-state index in [1.165, 1.54) is 22.8 Å². The SMILES string of the molecule is Oc1ccccc1-c1nnc(O)n1-c1cccc2ccc(F)cc12. The number of para-hydroxylation sites is 1. The van der Waals surface area contributed by atoms with Crippen molar-refractivity contribution in [2.24, 2.45) is 0 Å². The van der Waals surface area contributed by atoms with Crippen molar-refractivity contribution < 1.29 is 14.6 Å². The van der Waals surface area contributed by atoms with Gasteiger partial charge in [-0.2, -0.15) is 0 Å². The largest absolute Gasteiger partial charge is 0.507 e. The molecule has 4 aromatic rings. The van der Waals surface area contributed by atoms with E-state index in [0.29, 0.717) is 16.6 Å². The lowest BCUT2D eigenvalue weighted by Crippen LogP contribution is -1.99. The van der Waals surface area contributed by atoms with Crippen LogP contribution >= 0.6 is 0 Å². The van der Waals surface area contributed by atoms with Crippen LogP contribution in [0.2, 0.25) is 0 Å². The zero-order chi connectivity index (χ0) is 16.7. The van der Waals surface area contributed by atoms with Gasteiger partial charge in [0.25, 0.3) is 0 Å². The molecule has 24 heavy (non-hydrogen) atoms. The minimum atomic E-state index is -0.383. The van der Waals surface area contributed by atoms with Gasteiger partial charge in [-0.1, -0.05) is 35.4 Å². The molecular weight excluding hydrogens is 309 g/mol. The van der Waals surface area contributed by atoms with Crippen molar-refractivity contribution in [1.29, 1.82) is 0 Å². The lowest BCUT2D eigenvalue weighted by molar-refractivity contribution is 0.420. The number of hydrogen-bond donors (Lipinski definition) is 2. The first-order valence-corrected chi connectivity index (χ1v) is 7.26. The Kier molecular flexibility index (Phi) is 3.16. The summed E-state index contributed by atoms with van der Waals surface area (Å²) in [6.07, 6.45) is 0. The quantitative estimate of drug-likeness (QED) is 0.591. The fraction of sp³-hybridized carbons (Fsp3) is 0. The maximum absolute atomic E-state index is 13.7. The summed E-state index contributed by atoms with van der Waals surface area (Å²) in [6, 6.07) is 16.1. The van der Waals surface area contributed by atoms with Crippen LogP contribution in [0.25, 0.3) is 27.8 Å². The predicted molar refractivity (Wildman–Crippen MR) is 87.6 cm³/mol. The van der Waals surface area contributed by atoms with Crippen LogP contribution in [0.4, 0.5) is 4.39 Å². The van der Waals surface area contributed by atoms with Crippen molar-refractivity contribution in [1.82, 2.24) is 14.8 Å². The number of hydrogen-bond acceptors (Lipinski definition) is 4. The normalized spacial score (nSPS) is 11.0. The molecule has 118 valence electrons. The molecule has 0 bridgehead atoms. The first kappa shape index (κ1) is 14.2. The average Bonchev–Trinajstić information content (AvgIpc) is 2.96. The topological polar surface area (TPSA) is 71.2 Å². The summed E-state index contributed by atoms with van der Waals surface area (Å²) in [7, 11) is 0. The average molecular weight is 321 g/mol. The minimum Gasteiger partial charge on any atom is -0.507 e. The van der Waals surface area contributed by atoms with Gasteiger partial charge in [-0.25, -0.2) is 8.96 Å². The molecule has 3 aromatic carbocycles. The molecule has 6 heteroatoms. The van der Waals surface area contributed by atoms with Crippen LogP contribution in [0.5, 0.6) is 11.8 Å². The Hall–Kier alpha value is -3.41. The fourth-order valence-corrected chi connectivity index (χ4v) is 2.76. The Morgan fingerprint density at radius 2 is 1.71 bits per heavy atom. The van der Waals surface area contributed by atoms with Crippen molar-refractivity contribution >= 4 is 10.8 Å². The van der Waals surface area contributed by atoms with Crippen LogP contribution in [-0.2, 0) is 0 Å². The van der Waals surface area contributed by atoms with Gasteiger partial charge in [-0.15, -0.1) is 5.10 Å². The number of halogens is 1. The highest BCUT2D eigenvalue weighted by molar-refractivity contribution is 5.91. The van der Waals surface area contributed by atoms with E-state index < -0.39 is 0 Å². The monoisotopic (exact) mass is 321 g/mol. The molecule has 0 aliphatic heterocycles. The number of fused-ring (bicyclic) bond motifs is 1. The Labute approximate surface area is 136 Å². The summed E-state index contributed by atoms with van der Waals surface area (Å²) in [6.45, 7) is 0. The highest BCUT2D eigenvalue weighted by Gasteiger charge is 2.19. The minimum absolute atomic E-state index is 0.0116. The first-order valence-electron chi connectivity index (χ1n) is 7.26. The number of rotatable bonds is 2. The molecule has 4 rings (SSSR count). The molecule has 0 saturated carbocycles. The summed E-state index contributed by atoms with van der Waals surface area (Å²) >= 11 is 0. The van der Waals surface area contributed by atoms with Crippen LogP contribution in [0.15, 0.2) is 60.7 Å². The number of phenolic OH excluding ortho intramolecular Hbond substituents is 1. The summed E-state index contributed by atoms with van der Waals surface area (Å²) in [5, 5.41) is 29.3. The zero-order valence-corrected chi connectivity index (χ0v) is 12.4. The molecule has 1 aromatic heterocycles. The third-order valence-corrected chi connectivity index (χ3v) is 3.85. The number of phenols is 1. The zero-order valence-electron chi connectivity index (χ0n) is 12.4. The number of aromatic nitrogens is 3. The maximum Gasteiger partial charge on any atom is 0.319 e. The van der Waals surface area contributed by atoms with E-state index in [-0.39, 0.29) is 23.4 Å². The van der Waals surface area contributed by atoms with Crippen molar-refractivity contribution in [2.45, 2.75) is 0 Å². The molecule has 0 amide bonds. The Morgan fingerprint density at radius 3 is 2.54 bits per heavy atom. The summed E-state index contributed by atoms with van der Waals surface area (Å²) in [4.78, 5) is 0.